The highest BCUT2D eigenvalue weighted by Crippen LogP contribution is 2.22. The number of hydrogen-bond donors (Lipinski definition) is 1. The first-order valence-corrected chi connectivity index (χ1v) is 5.40. The summed E-state index contributed by atoms with van der Waals surface area (Å²) in [6.07, 6.45) is 4.86. The molecule has 18 heavy (non-hydrogen) atoms. The van der Waals surface area contributed by atoms with E-state index in [1.165, 1.54) is 12.1 Å². The van der Waals surface area contributed by atoms with Crippen LogP contribution in [0.3, 0.4) is 0 Å². The van der Waals surface area contributed by atoms with E-state index in [1.54, 1.807) is 24.7 Å². The van der Waals surface area contributed by atoms with Gasteiger partial charge in [0, 0.05) is 30.2 Å². The summed E-state index contributed by atoms with van der Waals surface area (Å²) >= 11 is 0. The molecule has 0 saturated carbocycles. The largest absolute Gasteiger partial charge is 0.379 e. The Morgan fingerprint density at radius 3 is 2.89 bits per heavy atom. The van der Waals surface area contributed by atoms with Gasteiger partial charge in [0.1, 0.15) is 0 Å². The van der Waals surface area contributed by atoms with Crippen molar-refractivity contribution in [2.75, 3.05) is 5.32 Å². The van der Waals surface area contributed by atoms with Crippen LogP contribution in [0.5, 0.6) is 0 Å². The number of nitrogens with zero attached hydrogens (tertiary/aromatic N) is 3. The summed E-state index contributed by atoms with van der Waals surface area (Å²) in [5.74, 6) is 0. The molecule has 0 fully saturated rings. The van der Waals surface area contributed by atoms with Gasteiger partial charge >= 0.3 is 0 Å². The first kappa shape index (κ1) is 12.0. The molecule has 2 aromatic rings. The molecule has 0 aliphatic carbocycles. The van der Waals surface area contributed by atoms with Crippen LogP contribution < -0.4 is 5.32 Å². The Labute approximate surface area is 104 Å². The zero-order valence-corrected chi connectivity index (χ0v) is 9.83. The van der Waals surface area contributed by atoms with Crippen molar-refractivity contribution < 1.29 is 4.92 Å². The zero-order chi connectivity index (χ0) is 13.0. The monoisotopic (exact) mass is 244 g/mol. The summed E-state index contributed by atoms with van der Waals surface area (Å²) in [6, 6.07) is 4.73. The van der Waals surface area contributed by atoms with Crippen molar-refractivity contribution in [1.82, 2.24) is 9.97 Å². The quantitative estimate of drug-likeness (QED) is 0.659. The number of nitrogens with one attached hydrogen (secondary N) is 1. The summed E-state index contributed by atoms with van der Waals surface area (Å²) in [5, 5.41) is 13.8. The van der Waals surface area contributed by atoms with Crippen LogP contribution in [0.1, 0.15) is 11.3 Å². The lowest BCUT2D eigenvalue weighted by atomic mass is 10.2. The molecule has 2 rings (SSSR count). The van der Waals surface area contributed by atoms with Crippen LogP contribution >= 0.6 is 0 Å². The van der Waals surface area contributed by atoms with Crippen LogP contribution in [-0.4, -0.2) is 14.9 Å². The van der Waals surface area contributed by atoms with E-state index in [1.807, 2.05) is 6.92 Å². The van der Waals surface area contributed by atoms with E-state index in [4.69, 9.17) is 0 Å². The van der Waals surface area contributed by atoms with Crippen molar-refractivity contribution in [1.29, 1.82) is 0 Å². The molecule has 6 nitrogen and oxygen atoms in total. The van der Waals surface area contributed by atoms with Gasteiger partial charge in [0.15, 0.2) is 0 Å². The molecule has 1 N–H and O–H groups in total. The second kappa shape index (κ2) is 5.22. The van der Waals surface area contributed by atoms with Crippen LogP contribution in [-0.2, 0) is 6.54 Å². The SMILES string of the molecule is Cc1ccc([N+](=O)[O-])cc1NCc1cnccn1. The number of nitro groups is 1. The van der Waals surface area contributed by atoms with Gasteiger partial charge in [-0.2, -0.15) is 0 Å². The molecule has 0 aliphatic heterocycles. The number of non-ortho nitro benzene ring substituents is 1. The number of benzene rings is 1. The highest BCUT2D eigenvalue weighted by Gasteiger charge is 2.08. The maximum atomic E-state index is 10.7. The van der Waals surface area contributed by atoms with Crippen molar-refractivity contribution >= 4 is 11.4 Å². The molecular formula is C12H12N4O2. The van der Waals surface area contributed by atoms with Crippen molar-refractivity contribution in [2.24, 2.45) is 0 Å². The topological polar surface area (TPSA) is 81.0 Å². The van der Waals surface area contributed by atoms with Crippen LogP contribution in [0.4, 0.5) is 11.4 Å². The molecule has 0 unspecified atom stereocenters. The lowest BCUT2D eigenvalue weighted by Crippen LogP contribution is -2.03. The molecule has 6 heteroatoms. The number of aryl methyl sites for hydroxylation is 1. The predicted octanol–water partition coefficient (Wildman–Crippen LogP) is 2.31. The van der Waals surface area contributed by atoms with Crippen molar-refractivity contribution in [3.05, 3.63) is 58.2 Å². The predicted molar refractivity (Wildman–Crippen MR) is 67.2 cm³/mol. The molecule has 1 aromatic carbocycles. The van der Waals surface area contributed by atoms with E-state index in [-0.39, 0.29) is 5.69 Å². The Morgan fingerprint density at radius 2 is 2.22 bits per heavy atom. The average Bonchev–Trinajstić information content (AvgIpc) is 2.38. The van der Waals surface area contributed by atoms with E-state index < -0.39 is 4.92 Å². The molecule has 1 heterocycles. The lowest BCUT2D eigenvalue weighted by molar-refractivity contribution is -0.384. The molecule has 0 saturated heterocycles. The normalized spacial score (nSPS) is 10.1. The summed E-state index contributed by atoms with van der Waals surface area (Å²) in [5.41, 5.74) is 2.53. The number of aromatic nitrogens is 2. The fourth-order valence-electron chi connectivity index (χ4n) is 1.52. The lowest BCUT2D eigenvalue weighted by Gasteiger charge is -2.08. The van der Waals surface area contributed by atoms with Gasteiger partial charge in [0.05, 0.1) is 23.4 Å². The van der Waals surface area contributed by atoms with Gasteiger partial charge in [0.2, 0.25) is 0 Å². The summed E-state index contributed by atoms with van der Waals surface area (Å²) in [6.45, 7) is 2.37. The van der Waals surface area contributed by atoms with Crippen LogP contribution in [0.15, 0.2) is 36.8 Å². The van der Waals surface area contributed by atoms with Gasteiger partial charge in [-0.1, -0.05) is 6.07 Å². The molecular weight excluding hydrogens is 232 g/mol. The first-order chi connectivity index (χ1) is 8.66. The Hall–Kier alpha value is -2.50. The van der Waals surface area contributed by atoms with E-state index in [0.717, 1.165) is 16.9 Å². The first-order valence-electron chi connectivity index (χ1n) is 5.40. The third kappa shape index (κ3) is 2.79. The third-order valence-electron chi connectivity index (χ3n) is 2.51. The minimum absolute atomic E-state index is 0.0715. The zero-order valence-electron chi connectivity index (χ0n) is 9.83. The Kier molecular flexibility index (Phi) is 3.47. The molecule has 1 aromatic heterocycles. The third-order valence-corrected chi connectivity index (χ3v) is 2.51. The fraction of sp³-hybridized carbons (Fsp3) is 0.167. The standard InChI is InChI=1S/C12H12N4O2/c1-9-2-3-11(16(17)18)6-12(9)15-8-10-7-13-4-5-14-10/h2-7,15H,8H2,1H3. The second-order valence-corrected chi connectivity index (χ2v) is 3.81. The highest BCUT2D eigenvalue weighted by molar-refractivity contribution is 5.56. The van der Waals surface area contributed by atoms with Gasteiger partial charge in [-0.3, -0.25) is 20.1 Å². The van der Waals surface area contributed by atoms with Crippen molar-refractivity contribution in [2.45, 2.75) is 13.5 Å². The van der Waals surface area contributed by atoms with Crippen LogP contribution in [0, 0.1) is 17.0 Å². The van der Waals surface area contributed by atoms with E-state index >= 15 is 0 Å². The van der Waals surface area contributed by atoms with Crippen LogP contribution in [0.25, 0.3) is 0 Å². The van der Waals surface area contributed by atoms with E-state index in [0.29, 0.717) is 6.54 Å². The van der Waals surface area contributed by atoms with Gasteiger partial charge in [0.25, 0.3) is 5.69 Å². The van der Waals surface area contributed by atoms with Crippen LogP contribution in [0.2, 0.25) is 0 Å². The van der Waals surface area contributed by atoms with Crippen molar-refractivity contribution in [3.63, 3.8) is 0 Å². The molecule has 0 amide bonds. The Balaban J connectivity index is 2.14. The van der Waals surface area contributed by atoms with Crippen molar-refractivity contribution in [3.8, 4) is 0 Å². The number of nitro benzene ring substituents is 1. The Morgan fingerprint density at radius 1 is 1.39 bits per heavy atom. The summed E-state index contributed by atoms with van der Waals surface area (Å²) in [7, 11) is 0. The maximum Gasteiger partial charge on any atom is 0.271 e. The molecule has 0 atom stereocenters. The smallest absolute Gasteiger partial charge is 0.271 e. The highest BCUT2D eigenvalue weighted by atomic mass is 16.6. The molecule has 0 spiro atoms. The van der Waals surface area contributed by atoms with Gasteiger partial charge in [-0.05, 0) is 12.5 Å². The summed E-state index contributed by atoms with van der Waals surface area (Å²) < 4.78 is 0. The fourth-order valence-corrected chi connectivity index (χ4v) is 1.52. The molecule has 0 aliphatic rings. The average molecular weight is 244 g/mol. The number of anilines is 1. The summed E-state index contributed by atoms with van der Waals surface area (Å²) in [4.78, 5) is 18.4. The van der Waals surface area contributed by atoms with Gasteiger partial charge in [-0.25, -0.2) is 0 Å². The molecule has 0 bridgehead atoms. The second-order valence-electron chi connectivity index (χ2n) is 3.81. The van der Waals surface area contributed by atoms with Gasteiger partial charge in [-0.15, -0.1) is 0 Å². The van der Waals surface area contributed by atoms with Gasteiger partial charge < -0.3 is 5.32 Å². The van der Waals surface area contributed by atoms with E-state index in [9.17, 15) is 10.1 Å². The maximum absolute atomic E-state index is 10.7. The Bertz CT molecular complexity index is 557. The molecule has 0 radical (unpaired) electrons. The number of rotatable bonds is 4. The number of hydrogen-bond acceptors (Lipinski definition) is 5. The van der Waals surface area contributed by atoms with E-state index in [2.05, 4.69) is 15.3 Å². The minimum Gasteiger partial charge on any atom is -0.379 e. The minimum atomic E-state index is -0.410. The molecule has 92 valence electrons.